The number of hydrogen-bond donors (Lipinski definition) is 2. The Kier molecular flexibility index (Phi) is 5.07. The maximum absolute atomic E-state index is 12.5. The fraction of sp³-hybridized carbons (Fsp3) is 0.286. The van der Waals surface area contributed by atoms with Crippen molar-refractivity contribution in [1.29, 1.82) is 0 Å². The van der Waals surface area contributed by atoms with Gasteiger partial charge in [0.2, 0.25) is 11.8 Å². The van der Waals surface area contributed by atoms with Gasteiger partial charge >= 0.3 is 5.97 Å². The Hall–Kier alpha value is -3.55. The molecule has 1 aliphatic carbocycles. The Bertz CT molecular complexity index is 973. The largest absolute Gasteiger partial charge is 0.486 e. The van der Waals surface area contributed by atoms with Gasteiger partial charge in [-0.3, -0.25) is 9.59 Å². The van der Waals surface area contributed by atoms with Gasteiger partial charge in [-0.05, 0) is 30.7 Å². The highest BCUT2D eigenvalue weighted by Gasteiger charge is 2.48. The van der Waals surface area contributed by atoms with E-state index in [1.807, 2.05) is 0 Å². The number of ether oxygens (including phenoxy) is 3. The van der Waals surface area contributed by atoms with Crippen LogP contribution < -0.4 is 20.1 Å². The maximum Gasteiger partial charge on any atom is 0.339 e. The van der Waals surface area contributed by atoms with E-state index in [0.29, 0.717) is 42.5 Å². The molecule has 150 valence electrons. The summed E-state index contributed by atoms with van der Waals surface area (Å²) >= 11 is 0. The van der Waals surface area contributed by atoms with E-state index in [2.05, 4.69) is 10.6 Å². The third-order valence-electron chi connectivity index (χ3n) is 4.86. The molecular formula is C21H20N2O6. The van der Waals surface area contributed by atoms with Gasteiger partial charge in [0.25, 0.3) is 0 Å². The van der Waals surface area contributed by atoms with Gasteiger partial charge in [-0.25, -0.2) is 4.79 Å². The molecule has 2 aliphatic rings. The molecule has 1 aliphatic heterocycles. The number of amides is 2. The van der Waals surface area contributed by atoms with E-state index in [1.54, 1.807) is 42.5 Å². The molecule has 2 aromatic rings. The molecule has 2 atom stereocenters. The summed E-state index contributed by atoms with van der Waals surface area (Å²) < 4.78 is 15.7. The summed E-state index contributed by atoms with van der Waals surface area (Å²) in [5, 5.41) is 5.53. The zero-order chi connectivity index (χ0) is 20.4. The third-order valence-corrected chi connectivity index (χ3v) is 4.86. The SMILES string of the molecule is COC(=O)c1ccccc1NC(=O)C1CC1C(=O)Nc1ccc2c(c1)OCCO2. The van der Waals surface area contributed by atoms with Crippen LogP contribution in [0.2, 0.25) is 0 Å². The number of rotatable bonds is 5. The molecule has 29 heavy (non-hydrogen) atoms. The molecule has 0 aromatic heterocycles. The Morgan fingerprint density at radius 3 is 2.38 bits per heavy atom. The van der Waals surface area contributed by atoms with Crippen molar-refractivity contribution in [2.24, 2.45) is 11.8 Å². The van der Waals surface area contributed by atoms with Gasteiger partial charge in [-0.1, -0.05) is 12.1 Å². The van der Waals surface area contributed by atoms with Crippen LogP contribution in [0.15, 0.2) is 42.5 Å². The van der Waals surface area contributed by atoms with E-state index in [1.165, 1.54) is 7.11 Å². The fourth-order valence-electron chi connectivity index (χ4n) is 3.24. The minimum Gasteiger partial charge on any atom is -0.486 e. The molecule has 4 rings (SSSR count). The molecule has 1 heterocycles. The lowest BCUT2D eigenvalue weighted by Crippen LogP contribution is -2.22. The lowest BCUT2D eigenvalue weighted by Gasteiger charge is -2.19. The lowest BCUT2D eigenvalue weighted by molar-refractivity contribution is -0.122. The molecule has 2 N–H and O–H groups in total. The first-order valence-electron chi connectivity index (χ1n) is 9.25. The van der Waals surface area contributed by atoms with Gasteiger partial charge in [0.15, 0.2) is 11.5 Å². The Morgan fingerprint density at radius 1 is 0.931 bits per heavy atom. The number of fused-ring (bicyclic) bond motifs is 1. The van der Waals surface area contributed by atoms with Crippen LogP contribution in [0.25, 0.3) is 0 Å². The minimum atomic E-state index is -0.537. The summed E-state index contributed by atoms with van der Waals surface area (Å²) in [6.07, 6.45) is 0.447. The first kappa shape index (κ1) is 18.8. The number of carbonyl (C=O) groups excluding carboxylic acids is 3. The van der Waals surface area contributed by atoms with Crippen molar-refractivity contribution in [3.8, 4) is 11.5 Å². The second-order valence-corrected chi connectivity index (χ2v) is 6.82. The van der Waals surface area contributed by atoms with Crippen molar-refractivity contribution in [2.45, 2.75) is 6.42 Å². The molecule has 1 saturated carbocycles. The predicted octanol–water partition coefficient (Wildman–Crippen LogP) is 2.46. The van der Waals surface area contributed by atoms with Crippen LogP contribution in [0.5, 0.6) is 11.5 Å². The van der Waals surface area contributed by atoms with E-state index >= 15 is 0 Å². The Morgan fingerprint density at radius 2 is 1.62 bits per heavy atom. The van der Waals surface area contributed by atoms with Crippen molar-refractivity contribution in [1.82, 2.24) is 0 Å². The summed E-state index contributed by atoms with van der Waals surface area (Å²) in [7, 11) is 1.28. The van der Waals surface area contributed by atoms with E-state index in [0.717, 1.165) is 0 Å². The van der Waals surface area contributed by atoms with Crippen molar-refractivity contribution in [3.05, 3.63) is 48.0 Å². The summed E-state index contributed by atoms with van der Waals surface area (Å²) in [6.45, 7) is 0.957. The van der Waals surface area contributed by atoms with Crippen LogP contribution in [-0.4, -0.2) is 38.1 Å². The monoisotopic (exact) mass is 396 g/mol. The molecule has 0 saturated heterocycles. The molecule has 0 radical (unpaired) electrons. The topological polar surface area (TPSA) is 103 Å². The summed E-state index contributed by atoms with van der Waals surface area (Å²) in [6, 6.07) is 11.8. The van der Waals surface area contributed by atoms with Crippen molar-refractivity contribution < 1.29 is 28.6 Å². The second kappa shape index (κ2) is 7.83. The molecular weight excluding hydrogens is 376 g/mol. The van der Waals surface area contributed by atoms with Gasteiger partial charge in [-0.15, -0.1) is 0 Å². The van der Waals surface area contributed by atoms with E-state index < -0.39 is 17.8 Å². The molecule has 8 nitrogen and oxygen atoms in total. The van der Waals surface area contributed by atoms with Crippen LogP contribution in [-0.2, 0) is 14.3 Å². The van der Waals surface area contributed by atoms with E-state index in [-0.39, 0.29) is 17.4 Å². The van der Waals surface area contributed by atoms with Gasteiger partial charge < -0.3 is 24.8 Å². The highest BCUT2D eigenvalue weighted by atomic mass is 16.6. The van der Waals surface area contributed by atoms with Gasteiger partial charge in [-0.2, -0.15) is 0 Å². The molecule has 8 heteroatoms. The van der Waals surface area contributed by atoms with Crippen molar-refractivity contribution in [3.63, 3.8) is 0 Å². The van der Waals surface area contributed by atoms with Gasteiger partial charge in [0, 0.05) is 11.8 Å². The van der Waals surface area contributed by atoms with E-state index in [9.17, 15) is 14.4 Å². The minimum absolute atomic E-state index is 0.233. The highest BCUT2D eigenvalue weighted by Crippen LogP contribution is 2.41. The highest BCUT2D eigenvalue weighted by molar-refractivity contribution is 6.06. The fourth-order valence-corrected chi connectivity index (χ4v) is 3.24. The zero-order valence-corrected chi connectivity index (χ0v) is 15.8. The normalized spacial score (nSPS) is 19.1. The molecule has 0 bridgehead atoms. The molecule has 0 spiro atoms. The molecule has 2 unspecified atom stereocenters. The van der Waals surface area contributed by atoms with Gasteiger partial charge in [0.1, 0.15) is 13.2 Å². The average molecular weight is 396 g/mol. The summed E-state index contributed by atoms with van der Waals surface area (Å²) in [5.41, 5.74) is 1.21. The molecule has 2 aromatic carbocycles. The Labute approximate surface area is 167 Å². The number of esters is 1. The standard InChI is InChI=1S/C21H20N2O6/c1-27-21(26)13-4-2-3-5-16(13)23-20(25)15-11-14(15)19(24)22-12-6-7-17-18(10-12)29-9-8-28-17/h2-7,10,14-15H,8-9,11H2,1H3,(H,22,24)(H,23,25). The van der Waals surface area contributed by atoms with Crippen molar-refractivity contribution in [2.75, 3.05) is 31.0 Å². The predicted molar refractivity (Wildman–Crippen MR) is 104 cm³/mol. The van der Waals surface area contributed by atoms with Crippen LogP contribution in [0.1, 0.15) is 16.8 Å². The average Bonchev–Trinajstić information content (AvgIpc) is 3.55. The first-order valence-corrected chi connectivity index (χ1v) is 9.25. The van der Waals surface area contributed by atoms with Gasteiger partial charge in [0.05, 0.1) is 30.2 Å². The summed E-state index contributed by atoms with van der Waals surface area (Å²) in [4.78, 5) is 36.8. The summed E-state index contributed by atoms with van der Waals surface area (Å²) in [5.74, 6) is -0.719. The van der Waals surface area contributed by atoms with Crippen LogP contribution in [0.3, 0.4) is 0 Å². The molecule has 2 amide bonds. The van der Waals surface area contributed by atoms with Crippen LogP contribution in [0.4, 0.5) is 11.4 Å². The zero-order valence-electron chi connectivity index (χ0n) is 15.8. The smallest absolute Gasteiger partial charge is 0.339 e. The Balaban J connectivity index is 1.37. The first-order chi connectivity index (χ1) is 14.1. The van der Waals surface area contributed by atoms with E-state index in [4.69, 9.17) is 14.2 Å². The number of hydrogen-bond acceptors (Lipinski definition) is 6. The number of anilines is 2. The quantitative estimate of drug-likeness (QED) is 0.753. The third kappa shape index (κ3) is 4.01. The van der Waals surface area contributed by atoms with Crippen LogP contribution >= 0.6 is 0 Å². The number of benzene rings is 2. The number of para-hydroxylation sites is 1. The second-order valence-electron chi connectivity index (χ2n) is 6.82. The maximum atomic E-state index is 12.5. The number of methoxy groups -OCH3 is 1. The van der Waals surface area contributed by atoms with Crippen molar-refractivity contribution >= 4 is 29.2 Å². The number of nitrogens with one attached hydrogen (secondary N) is 2. The van der Waals surface area contributed by atoms with Crippen LogP contribution in [0, 0.1) is 11.8 Å². The molecule has 1 fully saturated rings. The number of carbonyl (C=O) groups is 3. The lowest BCUT2D eigenvalue weighted by atomic mass is 10.1.